The molecule has 0 aliphatic rings. The first kappa shape index (κ1) is 35.9. The van der Waals surface area contributed by atoms with E-state index in [2.05, 4.69) is 0 Å². The van der Waals surface area contributed by atoms with Crippen molar-refractivity contribution in [3.05, 3.63) is 0 Å². The molecule has 3 unspecified atom stereocenters. The van der Waals surface area contributed by atoms with Crippen LogP contribution in [0, 0.1) is 11.8 Å². The first-order valence-electron chi connectivity index (χ1n) is 12.1. The lowest BCUT2D eigenvalue weighted by Gasteiger charge is -2.24. The summed E-state index contributed by atoms with van der Waals surface area (Å²) in [5, 5.41) is 17.2. The first-order chi connectivity index (χ1) is 16.0. The average molecular weight is 511 g/mol. The maximum atomic E-state index is 10.5. The smallest absolute Gasteiger partial charge is 0.308 e. The second kappa shape index (κ2) is 19.8. The Morgan fingerprint density at radius 2 is 0.971 bits per heavy atom. The van der Waals surface area contributed by atoms with Gasteiger partial charge in [0.1, 0.15) is 0 Å². The Morgan fingerprint density at radius 1 is 0.600 bits per heavy atom. The monoisotopic (exact) mass is 510 g/mol. The van der Waals surface area contributed by atoms with E-state index in [1.165, 1.54) is 0 Å². The van der Waals surface area contributed by atoms with E-state index in [-0.39, 0.29) is 30.5 Å². The molecule has 0 spiro atoms. The fourth-order valence-electron chi connectivity index (χ4n) is 2.29. The predicted octanol–water partition coefficient (Wildman–Crippen LogP) is 3.50. The third-order valence-electron chi connectivity index (χ3n) is 3.99. The highest BCUT2D eigenvalue weighted by molar-refractivity contribution is 5.69. The molecule has 2 N–H and O–H groups in total. The van der Waals surface area contributed by atoms with Gasteiger partial charge in [-0.15, -0.1) is 0 Å². The number of hydrogen-bond acceptors (Lipinski definition) is 8. The van der Waals surface area contributed by atoms with Gasteiger partial charge in [0.2, 0.25) is 0 Å². The summed E-state index contributed by atoms with van der Waals surface area (Å²) >= 11 is 0. The van der Waals surface area contributed by atoms with E-state index in [0.717, 1.165) is 0 Å². The minimum Gasteiger partial charge on any atom is -0.481 e. The number of rotatable bonds is 18. The SMILES string of the molecule is CC(COCCOCC(C)C(=O)O)OC(C)(C)C.CC(COCCOCCOC(C)(C)C)C(=O)O. The quantitative estimate of drug-likeness (QED) is 0.264. The van der Waals surface area contributed by atoms with Gasteiger partial charge in [-0.1, -0.05) is 0 Å². The minimum absolute atomic E-state index is 0.0305. The lowest BCUT2D eigenvalue weighted by molar-refractivity contribution is -0.144. The predicted molar refractivity (Wildman–Crippen MR) is 133 cm³/mol. The van der Waals surface area contributed by atoms with Crippen LogP contribution in [0.5, 0.6) is 0 Å². The maximum Gasteiger partial charge on any atom is 0.308 e. The van der Waals surface area contributed by atoms with Gasteiger partial charge in [-0.25, -0.2) is 0 Å². The molecule has 0 saturated heterocycles. The minimum atomic E-state index is -0.844. The third-order valence-corrected chi connectivity index (χ3v) is 3.99. The number of carboxylic acids is 2. The fraction of sp³-hybridized carbons (Fsp3) is 0.920. The van der Waals surface area contributed by atoms with Gasteiger partial charge in [-0.2, -0.15) is 0 Å². The highest BCUT2D eigenvalue weighted by atomic mass is 16.6. The van der Waals surface area contributed by atoms with Gasteiger partial charge in [0, 0.05) is 0 Å². The summed E-state index contributed by atoms with van der Waals surface area (Å²) in [5.74, 6) is -2.64. The third kappa shape index (κ3) is 28.8. The van der Waals surface area contributed by atoms with E-state index in [1.807, 2.05) is 48.5 Å². The van der Waals surface area contributed by atoms with Crippen LogP contribution in [0.25, 0.3) is 0 Å². The Bertz CT molecular complexity index is 539. The number of carbonyl (C=O) groups is 2. The number of aliphatic carboxylic acids is 2. The Kier molecular flexibility index (Phi) is 20.3. The Hall–Kier alpha value is -1.30. The van der Waals surface area contributed by atoms with E-state index in [4.69, 9.17) is 38.6 Å². The molecule has 0 bridgehead atoms. The van der Waals surface area contributed by atoms with Crippen molar-refractivity contribution in [2.75, 3.05) is 59.5 Å². The van der Waals surface area contributed by atoms with Crippen molar-refractivity contribution < 1.29 is 48.2 Å². The van der Waals surface area contributed by atoms with Crippen molar-refractivity contribution in [2.24, 2.45) is 11.8 Å². The van der Waals surface area contributed by atoms with Crippen LogP contribution in [-0.2, 0) is 38.0 Å². The van der Waals surface area contributed by atoms with Crippen molar-refractivity contribution in [1.82, 2.24) is 0 Å². The van der Waals surface area contributed by atoms with E-state index in [1.54, 1.807) is 13.8 Å². The van der Waals surface area contributed by atoms with E-state index >= 15 is 0 Å². The molecule has 0 fully saturated rings. The number of ether oxygens (including phenoxy) is 6. The largest absolute Gasteiger partial charge is 0.481 e. The summed E-state index contributed by atoms with van der Waals surface area (Å²) in [5.41, 5.74) is -0.313. The molecule has 0 saturated carbocycles. The highest BCUT2D eigenvalue weighted by Gasteiger charge is 2.15. The molecule has 0 amide bonds. The Balaban J connectivity index is 0. The summed E-state index contributed by atoms with van der Waals surface area (Å²) in [7, 11) is 0. The number of carboxylic acid groups (broad SMARTS) is 2. The average Bonchev–Trinajstić information content (AvgIpc) is 2.70. The van der Waals surface area contributed by atoms with Gasteiger partial charge in [-0.3, -0.25) is 9.59 Å². The van der Waals surface area contributed by atoms with Crippen molar-refractivity contribution in [2.45, 2.75) is 79.6 Å². The number of hydrogen-bond donors (Lipinski definition) is 2. The van der Waals surface area contributed by atoms with Crippen molar-refractivity contribution in [3.8, 4) is 0 Å². The van der Waals surface area contributed by atoms with Crippen molar-refractivity contribution >= 4 is 11.9 Å². The second-order valence-electron chi connectivity index (χ2n) is 10.3. The Morgan fingerprint density at radius 3 is 1.34 bits per heavy atom. The second-order valence-corrected chi connectivity index (χ2v) is 10.3. The maximum absolute atomic E-state index is 10.5. The highest BCUT2D eigenvalue weighted by Crippen LogP contribution is 2.10. The van der Waals surface area contributed by atoms with Crippen LogP contribution in [0.4, 0.5) is 0 Å². The van der Waals surface area contributed by atoms with Gasteiger partial charge in [0.25, 0.3) is 0 Å². The zero-order valence-corrected chi connectivity index (χ0v) is 23.3. The van der Waals surface area contributed by atoms with Gasteiger partial charge < -0.3 is 38.6 Å². The zero-order chi connectivity index (χ0) is 27.5. The normalized spacial score (nSPS) is 14.5. The molecule has 0 rings (SSSR count). The fourth-order valence-corrected chi connectivity index (χ4v) is 2.29. The summed E-state index contributed by atoms with van der Waals surface area (Å²) in [6.07, 6.45) is 0.0305. The molecule has 3 atom stereocenters. The zero-order valence-electron chi connectivity index (χ0n) is 23.3. The van der Waals surface area contributed by atoms with Crippen molar-refractivity contribution in [1.29, 1.82) is 0 Å². The van der Waals surface area contributed by atoms with Gasteiger partial charge in [0.05, 0.1) is 88.6 Å². The van der Waals surface area contributed by atoms with Crippen molar-refractivity contribution in [3.63, 3.8) is 0 Å². The standard InChI is InChI=1S/C13H26O5.C12H24O5/c1-10(12(14)15)8-16-6-7-17-9-11(2)18-13(3,4)5;1-10(11(13)14)9-16-6-5-15-7-8-17-12(2,3)4/h10-11H,6-9H2,1-5H3,(H,14,15);10H,5-9H2,1-4H3,(H,13,14). The van der Waals surface area contributed by atoms with Gasteiger partial charge in [-0.05, 0) is 62.3 Å². The molecule has 10 nitrogen and oxygen atoms in total. The van der Waals surface area contributed by atoms with Crippen LogP contribution in [0.2, 0.25) is 0 Å². The van der Waals surface area contributed by atoms with Gasteiger partial charge >= 0.3 is 11.9 Å². The summed E-state index contributed by atoms with van der Waals surface area (Å²) in [6, 6.07) is 0. The molecule has 0 radical (unpaired) electrons. The summed E-state index contributed by atoms with van der Waals surface area (Å²) in [4.78, 5) is 21.0. The van der Waals surface area contributed by atoms with Crippen LogP contribution < -0.4 is 0 Å². The first-order valence-corrected chi connectivity index (χ1v) is 12.1. The molecule has 0 aliphatic carbocycles. The lowest BCUT2D eigenvalue weighted by Crippen LogP contribution is -2.29. The molecule has 210 valence electrons. The van der Waals surface area contributed by atoms with Crippen LogP contribution >= 0.6 is 0 Å². The molecule has 0 heterocycles. The molecule has 0 aromatic carbocycles. The van der Waals surface area contributed by atoms with E-state index < -0.39 is 23.8 Å². The molecule has 0 aliphatic heterocycles. The molecular formula is C25H50O10. The summed E-state index contributed by atoms with van der Waals surface area (Å²) < 4.78 is 32.1. The molecule has 10 heteroatoms. The topological polar surface area (TPSA) is 130 Å². The van der Waals surface area contributed by atoms with E-state index in [0.29, 0.717) is 46.2 Å². The lowest BCUT2D eigenvalue weighted by atomic mass is 10.2. The van der Waals surface area contributed by atoms with Crippen LogP contribution in [-0.4, -0.2) is 98.9 Å². The molecule has 0 aromatic heterocycles. The van der Waals surface area contributed by atoms with E-state index in [9.17, 15) is 9.59 Å². The van der Waals surface area contributed by atoms with Gasteiger partial charge in [0.15, 0.2) is 0 Å². The van der Waals surface area contributed by atoms with Crippen LogP contribution in [0.1, 0.15) is 62.3 Å². The summed E-state index contributed by atoms with van der Waals surface area (Å²) in [6.45, 7) is 20.9. The van der Waals surface area contributed by atoms with Crippen LogP contribution in [0.15, 0.2) is 0 Å². The molecular weight excluding hydrogens is 460 g/mol. The molecule has 0 aromatic rings. The van der Waals surface area contributed by atoms with Crippen LogP contribution in [0.3, 0.4) is 0 Å². The molecule has 35 heavy (non-hydrogen) atoms. The Labute approximate surface area is 211 Å².